The van der Waals surface area contributed by atoms with Crippen molar-refractivity contribution in [3.05, 3.63) is 16.9 Å². The number of nitrogens with two attached hydrogens (primary N) is 1. The number of nitrogen functional groups attached to an aromatic ring is 1. The summed E-state index contributed by atoms with van der Waals surface area (Å²) < 4.78 is 0.970. The van der Waals surface area contributed by atoms with Crippen LogP contribution in [0.5, 0.6) is 0 Å². The van der Waals surface area contributed by atoms with Gasteiger partial charge in [-0.05, 0) is 41.6 Å². The molecular weight excluding hydrogens is 254 g/mol. The second-order valence-corrected chi connectivity index (χ2v) is 5.10. The number of rotatable bonds is 3. The fourth-order valence-corrected chi connectivity index (χ4v) is 2.54. The van der Waals surface area contributed by atoms with E-state index in [1.807, 2.05) is 0 Å². The molecule has 0 radical (unpaired) electrons. The van der Waals surface area contributed by atoms with Crippen LogP contribution in [0.3, 0.4) is 0 Å². The standard InChI is InChI=1S/C11H16BrN3/c1-7(8-3-4-8)15(2)11-9(12)5-14-6-10(11)13/h5-8H,3-4,13H2,1-2H3. The average molecular weight is 270 g/mol. The van der Waals surface area contributed by atoms with E-state index >= 15 is 0 Å². The van der Waals surface area contributed by atoms with Crippen LogP contribution >= 0.6 is 15.9 Å². The summed E-state index contributed by atoms with van der Waals surface area (Å²) in [7, 11) is 2.10. The normalized spacial score (nSPS) is 17.5. The first kappa shape index (κ1) is 10.7. The highest BCUT2D eigenvalue weighted by molar-refractivity contribution is 9.10. The van der Waals surface area contributed by atoms with Crippen LogP contribution < -0.4 is 10.6 Å². The molecule has 1 saturated carbocycles. The van der Waals surface area contributed by atoms with E-state index in [-0.39, 0.29) is 0 Å². The zero-order valence-corrected chi connectivity index (χ0v) is 10.7. The summed E-state index contributed by atoms with van der Waals surface area (Å²) in [5, 5.41) is 0. The van der Waals surface area contributed by atoms with Crippen molar-refractivity contribution in [1.29, 1.82) is 0 Å². The number of hydrogen-bond donors (Lipinski definition) is 1. The van der Waals surface area contributed by atoms with Crippen molar-refractivity contribution < 1.29 is 0 Å². The van der Waals surface area contributed by atoms with Gasteiger partial charge in [0.15, 0.2) is 0 Å². The number of aromatic nitrogens is 1. The van der Waals surface area contributed by atoms with E-state index < -0.39 is 0 Å². The van der Waals surface area contributed by atoms with Crippen molar-refractivity contribution in [1.82, 2.24) is 4.98 Å². The lowest BCUT2D eigenvalue weighted by Gasteiger charge is -2.28. The zero-order chi connectivity index (χ0) is 11.0. The maximum atomic E-state index is 5.95. The molecule has 1 heterocycles. The van der Waals surface area contributed by atoms with Gasteiger partial charge in [-0.1, -0.05) is 0 Å². The van der Waals surface area contributed by atoms with Gasteiger partial charge in [0.2, 0.25) is 0 Å². The Kier molecular flexibility index (Phi) is 2.87. The van der Waals surface area contributed by atoms with E-state index in [4.69, 9.17) is 5.73 Å². The molecule has 3 nitrogen and oxygen atoms in total. The van der Waals surface area contributed by atoms with Crippen LogP contribution in [0.2, 0.25) is 0 Å². The van der Waals surface area contributed by atoms with Gasteiger partial charge in [0.1, 0.15) is 0 Å². The Morgan fingerprint density at radius 1 is 1.53 bits per heavy atom. The lowest BCUT2D eigenvalue weighted by atomic mass is 10.1. The van der Waals surface area contributed by atoms with Crippen molar-refractivity contribution in [3.63, 3.8) is 0 Å². The smallest absolute Gasteiger partial charge is 0.0775 e. The molecule has 2 rings (SSSR count). The van der Waals surface area contributed by atoms with Crippen molar-refractivity contribution in [2.75, 3.05) is 17.7 Å². The highest BCUT2D eigenvalue weighted by Crippen LogP contribution is 2.39. The van der Waals surface area contributed by atoms with Gasteiger partial charge in [-0.3, -0.25) is 4.98 Å². The molecule has 0 bridgehead atoms. The van der Waals surface area contributed by atoms with Crippen LogP contribution in [-0.2, 0) is 0 Å². The molecule has 82 valence electrons. The lowest BCUT2D eigenvalue weighted by Crippen LogP contribution is -2.31. The summed E-state index contributed by atoms with van der Waals surface area (Å²) >= 11 is 3.50. The molecule has 0 aliphatic heterocycles. The van der Waals surface area contributed by atoms with E-state index in [0.29, 0.717) is 6.04 Å². The fraction of sp³-hybridized carbons (Fsp3) is 0.545. The minimum Gasteiger partial charge on any atom is -0.396 e. The van der Waals surface area contributed by atoms with Gasteiger partial charge < -0.3 is 10.6 Å². The van der Waals surface area contributed by atoms with Crippen LogP contribution in [0.15, 0.2) is 16.9 Å². The third-order valence-corrected chi connectivity index (χ3v) is 3.75. The Hall–Kier alpha value is -0.770. The molecule has 1 unspecified atom stereocenters. The predicted octanol–water partition coefficient (Wildman–Crippen LogP) is 2.66. The topological polar surface area (TPSA) is 42.1 Å². The second kappa shape index (κ2) is 4.00. The highest BCUT2D eigenvalue weighted by Gasteiger charge is 2.31. The summed E-state index contributed by atoms with van der Waals surface area (Å²) in [5.74, 6) is 0.828. The number of halogens is 1. The van der Waals surface area contributed by atoms with Gasteiger partial charge >= 0.3 is 0 Å². The Bertz CT molecular complexity index is 343. The van der Waals surface area contributed by atoms with E-state index in [2.05, 4.69) is 39.8 Å². The maximum absolute atomic E-state index is 5.95. The number of pyridine rings is 1. The Balaban J connectivity index is 2.27. The molecule has 1 aromatic rings. The van der Waals surface area contributed by atoms with Crippen molar-refractivity contribution >= 4 is 27.3 Å². The van der Waals surface area contributed by atoms with Crippen LogP contribution in [0, 0.1) is 5.92 Å². The summed E-state index contributed by atoms with van der Waals surface area (Å²) in [6.45, 7) is 2.25. The van der Waals surface area contributed by atoms with E-state index in [1.54, 1.807) is 12.4 Å². The van der Waals surface area contributed by atoms with Gasteiger partial charge in [0, 0.05) is 19.3 Å². The Morgan fingerprint density at radius 2 is 2.20 bits per heavy atom. The largest absolute Gasteiger partial charge is 0.396 e. The van der Waals surface area contributed by atoms with E-state index in [9.17, 15) is 0 Å². The molecule has 1 aromatic heterocycles. The van der Waals surface area contributed by atoms with Gasteiger partial charge in [0.05, 0.1) is 22.0 Å². The molecule has 0 aromatic carbocycles. The lowest BCUT2D eigenvalue weighted by molar-refractivity contribution is 0.609. The van der Waals surface area contributed by atoms with Crippen molar-refractivity contribution in [3.8, 4) is 0 Å². The molecule has 1 atom stereocenters. The maximum Gasteiger partial charge on any atom is 0.0775 e. The first-order valence-corrected chi connectivity index (χ1v) is 6.02. The molecule has 0 amide bonds. The molecule has 0 saturated heterocycles. The summed E-state index contributed by atoms with van der Waals surface area (Å²) in [6.07, 6.45) is 6.18. The first-order chi connectivity index (χ1) is 7.11. The second-order valence-electron chi connectivity index (χ2n) is 4.25. The van der Waals surface area contributed by atoms with Crippen molar-refractivity contribution in [2.24, 2.45) is 5.92 Å². The number of hydrogen-bond acceptors (Lipinski definition) is 3. The zero-order valence-electron chi connectivity index (χ0n) is 9.07. The SMILES string of the molecule is CC(C1CC1)N(C)c1c(N)cncc1Br. The number of anilines is 2. The molecule has 2 N–H and O–H groups in total. The predicted molar refractivity (Wildman–Crippen MR) is 66.9 cm³/mol. The van der Waals surface area contributed by atoms with Crippen molar-refractivity contribution in [2.45, 2.75) is 25.8 Å². The average Bonchev–Trinajstić information content (AvgIpc) is 2.99. The molecule has 4 heteroatoms. The third-order valence-electron chi connectivity index (χ3n) is 3.17. The quantitative estimate of drug-likeness (QED) is 0.918. The van der Waals surface area contributed by atoms with E-state index in [0.717, 1.165) is 21.8 Å². The third kappa shape index (κ3) is 2.09. The summed E-state index contributed by atoms with van der Waals surface area (Å²) in [5.41, 5.74) is 7.74. The number of nitrogens with zero attached hydrogens (tertiary/aromatic N) is 2. The minimum absolute atomic E-state index is 0.547. The summed E-state index contributed by atoms with van der Waals surface area (Å²) in [6, 6.07) is 0.547. The van der Waals surface area contributed by atoms with Crippen LogP contribution in [-0.4, -0.2) is 18.1 Å². The van der Waals surface area contributed by atoms with Gasteiger partial charge in [-0.15, -0.1) is 0 Å². The first-order valence-electron chi connectivity index (χ1n) is 5.23. The highest BCUT2D eigenvalue weighted by atomic mass is 79.9. The minimum atomic E-state index is 0.547. The van der Waals surface area contributed by atoms with Gasteiger partial charge in [-0.2, -0.15) is 0 Å². The monoisotopic (exact) mass is 269 g/mol. The van der Waals surface area contributed by atoms with Crippen LogP contribution in [0.4, 0.5) is 11.4 Å². The van der Waals surface area contributed by atoms with Gasteiger partial charge in [-0.25, -0.2) is 0 Å². The molecular formula is C11H16BrN3. The molecule has 15 heavy (non-hydrogen) atoms. The molecule has 1 aliphatic carbocycles. The van der Waals surface area contributed by atoms with Crippen LogP contribution in [0.1, 0.15) is 19.8 Å². The van der Waals surface area contributed by atoms with Gasteiger partial charge in [0.25, 0.3) is 0 Å². The van der Waals surface area contributed by atoms with Crippen LogP contribution in [0.25, 0.3) is 0 Å². The fourth-order valence-electron chi connectivity index (χ4n) is 1.91. The van der Waals surface area contributed by atoms with E-state index in [1.165, 1.54) is 12.8 Å². The Morgan fingerprint density at radius 3 is 2.73 bits per heavy atom. The molecule has 1 fully saturated rings. The molecule has 0 spiro atoms. The molecule has 1 aliphatic rings. The Labute approximate surface area is 98.8 Å². The summed E-state index contributed by atoms with van der Waals surface area (Å²) in [4.78, 5) is 6.30.